The number of hydrogen-bond acceptors (Lipinski definition) is 4. The van der Waals surface area contributed by atoms with Crippen LogP contribution in [-0.4, -0.2) is 47.7 Å². The summed E-state index contributed by atoms with van der Waals surface area (Å²) < 4.78 is 10.9. The summed E-state index contributed by atoms with van der Waals surface area (Å²) in [5.74, 6) is -1.00. The monoisotopic (exact) mass is 303 g/mol. The Morgan fingerprint density at radius 3 is 2.95 bits per heavy atom. The SMILES string of the molecule is Cc1ccc2oc(C(=O)N3CCOCC3CC(=O)O)cc2c1. The van der Waals surface area contributed by atoms with Crippen LogP contribution in [0.25, 0.3) is 11.0 Å². The number of ether oxygens (including phenoxy) is 1. The zero-order valence-electron chi connectivity index (χ0n) is 12.2. The minimum absolute atomic E-state index is 0.134. The topological polar surface area (TPSA) is 80.0 Å². The van der Waals surface area contributed by atoms with Gasteiger partial charge in [0.05, 0.1) is 25.7 Å². The summed E-state index contributed by atoms with van der Waals surface area (Å²) in [6.45, 7) is 2.98. The number of carboxylic acids is 1. The lowest BCUT2D eigenvalue weighted by atomic mass is 10.1. The van der Waals surface area contributed by atoms with Crippen molar-refractivity contribution in [3.63, 3.8) is 0 Å². The molecular weight excluding hydrogens is 286 g/mol. The smallest absolute Gasteiger partial charge is 0.305 e. The lowest BCUT2D eigenvalue weighted by Gasteiger charge is -2.34. The van der Waals surface area contributed by atoms with Gasteiger partial charge < -0.3 is 19.2 Å². The van der Waals surface area contributed by atoms with Gasteiger partial charge in [0.15, 0.2) is 5.76 Å². The molecular formula is C16H17NO5. The maximum atomic E-state index is 12.6. The van der Waals surface area contributed by atoms with Gasteiger partial charge in [-0.2, -0.15) is 0 Å². The number of amides is 1. The van der Waals surface area contributed by atoms with Crippen LogP contribution in [0.1, 0.15) is 22.5 Å². The summed E-state index contributed by atoms with van der Waals surface area (Å²) in [5, 5.41) is 9.83. The molecule has 0 bridgehead atoms. The van der Waals surface area contributed by atoms with Crippen molar-refractivity contribution in [2.24, 2.45) is 0 Å². The molecule has 0 saturated carbocycles. The Morgan fingerprint density at radius 1 is 1.36 bits per heavy atom. The molecule has 1 aromatic heterocycles. The van der Waals surface area contributed by atoms with E-state index >= 15 is 0 Å². The molecule has 0 aliphatic carbocycles. The molecule has 2 aromatic rings. The molecule has 1 unspecified atom stereocenters. The van der Waals surface area contributed by atoms with Gasteiger partial charge in [-0.05, 0) is 25.1 Å². The number of carboxylic acid groups (broad SMARTS) is 1. The molecule has 1 atom stereocenters. The Hall–Kier alpha value is -2.34. The molecule has 1 aromatic carbocycles. The van der Waals surface area contributed by atoms with Gasteiger partial charge in [0.25, 0.3) is 5.91 Å². The Bertz CT molecular complexity index is 720. The van der Waals surface area contributed by atoms with Crippen molar-refractivity contribution in [2.45, 2.75) is 19.4 Å². The van der Waals surface area contributed by atoms with E-state index in [1.165, 1.54) is 4.90 Å². The van der Waals surface area contributed by atoms with Gasteiger partial charge in [-0.15, -0.1) is 0 Å². The number of furan rings is 1. The molecule has 6 heteroatoms. The van der Waals surface area contributed by atoms with E-state index in [1.807, 2.05) is 25.1 Å². The van der Waals surface area contributed by atoms with Gasteiger partial charge in [0, 0.05) is 11.9 Å². The van der Waals surface area contributed by atoms with Crippen LogP contribution in [0.5, 0.6) is 0 Å². The van der Waals surface area contributed by atoms with E-state index in [0.717, 1.165) is 10.9 Å². The van der Waals surface area contributed by atoms with Crippen molar-refractivity contribution in [3.8, 4) is 0 Å². The number of fused-ring (bicyclic) bond motifs is 1. The third kappa shape index (κ3) is 2.82. The second-order valence-corrected chi connectivity index (χ2v) is 5.48. The van der Waals surface area contributed by atoms with E-state index in [9.17, 15) is 9.59 Å². The van der Waals surface area contributed by atoms with Crippen LogP contribution in [-0.2, 0) is 9.53 Å². The number of rotatable bonds is 3. The predicted molar refractivity (Wildman–Crippen MR) is 78.8 cm³/mol. The van der Waals surface area contributed by atoms with Crippen molar-refractivity contribution in [1.29, 1.82) is 0 Å². The van der Waals surface area contributed by atoms with Gasteiger partial charge in [-0.3, -0.25) is 9.59 Å². The summed E-state index contributed by atoms with van der Waals surface area (Å²) in [5.41, 5.74) is 1.74. The summed E-state index contributed by atoms with van der Waals surface area (Å²) in [6.07, 6.45) is -0.134. The quantitative estimate of drug-likeness (QED) is 0.938. The molecule has 22 heavy (non-hydrogen) atoms. The van der Waals surface area contributed by atoms with Crippen molar-refractivity contribution in [1.82, 2.24) is 4.90 Å². The highest BCUT2D eigenvalue weighted by atomic mass is 16.5. The Kier molecular flexibility index (Phi) is 3.85. The first-order valence-electron chi connectivity index (χ1n) is 7.15. The Morgan fingerprint density at radius 2 is 2.18 bits per heavy atom. The number of benzene rings is 1. The first-order chi connectivity index (χ1) is 10.5. The van der Waals surface area contributed by atoms with Crippen LogP contribution < -0.4 is 0 Å². The largest absolute Gasteiger partial charge is 0.481 e. The zero-order valence-corrected chi connectivity index (χ0v) is 12.2. The van der Waals surface area contributed by atoms with Crippen molar-refractivity contribution >= 4 is 22.8 Å². The van der Waals surface area contributed by atoms with E-state index in [2.05, 4.69) is 0 Å². The second kappa shape index (κ2) is 5.81. The zero-order chi connectivity index (χ0) is 15.7. The third-order valence-corrected chi connectivity index (χ3v) is 3.78. The lowest BCUT2D eigenvalue weighted by molar-refractivity contribution is -0.139. The number of carbonyl (C=O) groups is 2. The normalized spacial score (nSPS) is 18.6. The molecule has 1 saturated heterocycles. The number of carbonyl (C=O) groups excluding carboxylic acids is 1. The van der Waals surface area contributed by atoms with Crippen molar-refractivity contribution in [3.05, 3.63) is 35.6 Å². The third-order valence-electron chi connectivity index (χ3n) is 3.78. The molecule has 116 valence electrons. The summed E-state index contributed by atoms with van der Waals surface area (Å²) in [7, 11) is 0. The Balaban J connectivity index is 1.87. The molecule has 0 radical (unpaired) electrons. The summed E-state index contributed by atoms with van der Waals surface area (Å²) >= 11 is 0. The molecule has 2 heterocycles. The molecule has 1 fully saturated rings. The van der Waals surface area contributed by atoms with Crippen LogP contribution in [0.4, 0.5) is 0 Å². The van der Waals surface area contributed by atoms with Gasteiger partial charge in [0.1, 0.15) is 5.58 Å². The number of nitrogens with zero attached hydrogens (tertiary/aromatic N) is 1. The molecule has 6 nitrogen and oxygen atoms in total. The van der Waals surface area contributed by atoms with E-state index < -0.39 is 12.0 Å². The van der Waals surface area contributed by atoms with Crippen LogP contribution in [0.15, 0.2) is 28.7 Å². The van der Waals surface area contributed by atoms with E-state index in [1.54, 1.807) is 6.07 Å². The van der Waals surface area contributed by atoms with Crippen LogP contribution in [0.3, 0.4) is 0 Å². The highest BCUT2D eigenvalue weighted by molar-refractivity contribution is 5.96. The van der Waals surface area contributed by atoms with Gasteiger partial charge in [-0.1, -0.05) is 11.6 Å². The molecule has 1 aliphatic heterocycles. The van der Waals surface area contributed by atoms with Crippen molar-refractivity contribution in [2.75, 3.05) is 19.8 Å². The van der Waals surface area contributed by atoms with Crippen LogP contribution in [0.2, 0.25) is 0 Å². The minimum Gasteiger partial charge on any atom is -0.481 e. The fraction of sp³-hybridized carbons (Fsp3) is 0.375. The van der Waals surface area contributed by atoms with E-state index in [-0.39, 0.29) is 24.7 Å². The predicted octanol–water partition coefficient (Wildman–Crippen LogP) is 2.06. The molecule has 1 amide bonds. The summed E-state index contributed by atoms with van der Waals surface area (Å²) in [6, 6.07) is 6.94. The maximum Gasteiger partial charge on any atom is 0.305 e. The maximum absolute atomic E-state index is 12.6. The Labute approximate surface area is 127 Å². The highest BCUT2D eigenvalue weighted by Gasteiger charge is 2.31. The van der Waals surface area contributed by atoms with E-state index in [4.69, 9.17) is 14.3 Å². The first kappa shape index (κ1) is 14.6. The van der Waals surface area contributed by atoms with Crippen LogP contribution in [0, 0.1) is 6.92 Å². The van der Waals surface area contributed by atoms with Gasteiger partial charge in [0.2, 0.25) is 0 Å². The molecule has 0 spiro atoms. The lowest BCUT2D eigenvalue weighted by Crippen LogP contribution is -2.49. The van der Waals surface area contributed by atoms with Crippen molar-refractivity contribution < 1.29 is 23.8 Å². The number of hydrogen-bond donors (Lipinski definition) is 1. The minimum atomic E-state index is -0.950. The molecule has 3 rings (SSSR count). The van der Waals surface area contributed by atoms with Gasteiger partial charge in [-0.25, -0.2) is 0 Å². The number of aliphatic carboxylic acids is 1. The number of morpholine rings is 1. The average Bonchev–Trinajstić information content (AvgIpc) is 2.89. The number of aryl methyl sites for hydroxylation is 1. The van der Waals surface area contributed by atoms with Gasteiger partial charge >= 0.3 is 5.97 Å². The fourth-order valence-electron chi connectivity index (χ4n) is 2.70. The highest BCUT2D eigenvalue weighted by Crippen LogP contribution is 2.23. The second-order valence-electron chi connectivity index (χ2n) is 5.48. The molecule has 1 aliphatic rings. The molecule has 1 N–H and O–H groups in total. The average molecular weight is 303 g/mol. The van der Waals surface area contributed by atoms with Crippen LogP contribution >= 0.6 is 0 Å². The van der Waals surface area contributed by atoms with E-state index in [0.29, 0.717) is 18.7 Å². The standard InChI is InChI=1S/C16H17NO5/c1-10-2-3-13-11(6-10)7-14(22-13)16(20)17-4-5-21-9-12(17)8-15(18)19/h2-3,6-7,12H,4-5,8-9H2,1H3,(H,18,19). The summed E-state index contributed by atoms with van der Waals surface area (Å²) in [4.78, 5) is 25.1. The first-order valence-corrected chi connectivity index (χ1v) is 7.15. The fourth-order valence-corrected chi connectivity index (χ4v) is 2.70.